The van der Waals surface area contributed by atoms with Crippen molar-refractivity contribution in [1.82, 2.24) is 25.3 Å². The maximum atomic E-state index is 4.91. The van der Waals surface area contributed by atoms with Crippen LogP contribution in [0.5, 0.6) is 0 Å². The quantitative estimate of drug-likeness (QED) is 0.297. The Labute approximate surface area is 195 Å². The summed E-state index contributed by atoms with van der Waals surface area (Å²) in [6.45, 7) is 4.57. The Bertz CT molecular complexity index is 772. The van der Waals surface area contributed by atoms with E-state index in [4.69, 9.17) is 4.99 Å². The molecular weight excluding hydrogens is 495 g/mol. The van der Waals surface area contributed by atoms with Crippen molar-refractivity contribution in [3.8, 4) is 0 Å². The minimum absolute atomic E-state index is 0. The van der Waals surface area contributed by atoms with Crippen LogP contribution in [-0.2, 0) is 7.05 Å². The fraction of sp³-hybridized carbons (Fsp3) is 0.524. The third kappa shape index (κ3) is 7.18. The predicted molar refractivity (Wildman–Crippen MR) is 133 cm³/mol. The molecule has 160 valence electrons. The SMILES string of the molecule is CCNC(=NCC1(Sc2ccccc2)CC1)NCC(c1cnn(C)c1)N(C)C.I. The minimum atomic E-state index is 0. The molecule has 1 unspecified atom stereocenters. The third-order valence-electron chi connectivity index (χ3n) is 4.95. The van der Waals surface area contributed by atoms with Gasteiger partial charge in [-0.25, -0.2) is 0 Å². The Balaban J connectivity index is 0.00000300. The van der Waals surface area contributed by atoms with E-state index in [2.05, 4.69) is 78.2 Å². The Morgan fingerprint density at radius 3 is 2.55 bits per heavy atom. The van der Waals surface area contributed by atoms with Crippen molar-refractivity contribution < 1.29 is 0 Å². The zero-order valence-electron chi connectivity index (χ0n) is 17.8. The molecule has 1 aromatic heterocycles. The summed E-state index contributed by atoms with van der Waals surface area (Å²) in [7, 11) is 6.15. The monoisotopic (exact) mass is 528 g/mol. The molecular formula is C21H33IN6S. The fourth-order valence-electron chi connectivity index (χ4n) is 3.14. The number of hydrogen-bond acceptors (Lipinski definition) is 4. The summed E-state index contributed by atoms with van der Waals surface area (Å²) < 4.78 is 2.11. The first-order valence-electron chi connectivity index (χ1n) is 9.92. The first kappa shape index (κ1) is 24.0. The van der Waals surface area contributed by atoms with E-state index in [0.29, 0.717) is 0 Å². The number of aromatic nitrogens is 2. The van der Waals surface area contributed by atoms with Crippen LogP contribution in [0.4, 0.5) is 0 Å². The molecule has 1 heterocycles. The summed E-state index contributed by atoms with van der Waals surface area (Å²) in [6.07, 6.45) is 6.47. The van der Waals surface area contributed by atoms with Crippen molar-refractivity contribution in [3.05, 3.63) is 48.3 Å². The largest absolute Gasteiger partial charge is 0.357 e. The molecule has 0 saturated heterocycles. The average molecular weight is 529 g/mol. The maximum Gasteiger partial charge on any atom is 0.191 e. The van der Waals surface area contributed by atoms with E-state index in [9.17, 15) is 0 Å². The van der Waals surface area contributed by atoms with Gasteiger partial charge in [-0.1, -0.05) is 18.2 Å². The number of aliphatic imine (C=N–C) groups is 1. The van der Waals surface area contributed by atoms with Gasteiger partial charge in [0.25, 0.3) is 0 Å². The van der Waals surface area contributed by atoms with Crippen molar-refractivity contribution in [1.29, 1.82) is 0 Å². The molecule has 1 atom stereocenters. The van der Waals surface area contributed by atoms with Crippen molar-refractivity contribution >= 4 is 41.7 Å². The number of rotatable bonds is 9. The van der Waals surface area contributed by atoms with Gasteiger partial charge < -0.3 is 15.5 Å². The number of hydrogen-bond donors (Lipinski definition) is 2. The summed E-state index contributed by atoms with van der Waals surface area (Å²) >= 11 is 1.96. The molecule has 6 nitrogen and oxygen atoms in total. The Kier molecular flexibility index (Phi) is 9.29. The molecule has 8 heteroatoms. The standard InChI is InChI=1S/C21H32N6S.HI/c1-5-22-20(23-14-19(26(2)3)17-13-25-27(4)15-17)24-16-21(11-12-21)28-18-9-7-6-8-10-18;/h6-10,13,15,19H,5,11-12,14,16H2,1-4H3,(H2,22,23,24);1H. The van der Waals surface area contributed by atoms with E-state index in [1.54, 1.807) is 0 Å². The molecule has 2 N–H and O–H groups in total. The van der Waals surface area contributed by atoms with Crippen LogP contribution in [0.1, 0.15) is 31.4 Å². The first-order valence-corrected chi connectivity index (χ1v) is 10.7. The number of halogens is 1. The second kappa shape index (κ2) is 11.2. The summed E-state index contributed by atoms with van der Waals surface area (Å²) in [5.74, 6) is 0.887. The zero-order valence-corrected chi connectivity index (χ0v) is 20.9. The number of nitrogens with one attached hydrogen (secondary N) is 2. The second-order valence-electron chi connectivity index (χ2n) is 7.60. The molecule has 0 bridgehead atoms. The number of aryl methyl sites for hydroxylation is 1. The van der Waals surface area contributed by atoms with Gasteiger partial charge in [-0.3, -0.25) is 9.67 Å². The van der Waals surface area contributed by atoms with Gasteiger partial charge in [-0.2, -0.15) is 5.10 Å². The van der Waals surface area contributed by atoms with Crippen LogP contribution in [-0.4, -0.2) is 59.1 Å². The Morgan fingerprint density at radius 2 is 2.00 bits per heavy atom. The average Bonchev–Trinajstić information content (AvgIpc) is 3.31. The van der Waals surface area contributed by atoms with Crippen molar-refractivity contribution in [2.45, 2.75) is 35.4 Å². The third-order valence-corrected chi connectivity index (χ3v) is 6.43. The Hall–Kier alpha value is -1.26. The molecule has 2 aromatic rings. The van der Waals surface area contributed by atoms with Gasteiger partial charge in [0.2, 0.25) is 0 Å². The molecule has 1 aliphatic rings. The first-order chi connectivity index (χ1) is 13.5. The lowest BCUT2D eigenvalue weighted by Crippen LogP contribution is -2.42. The van der Waals surface area contributed by atoms with Gasteiger partial charge in [-0.05, 0) is 46.0 Å². The van der Waals surface area contributed by atoms with Crippen LogP contribution in [0.15, 0.2) is 52.6 Å². The van der Waals surface area contributed by atoms with Crippen LogP contribution in [0.3, 0.4) is 0 Å². The summed E-state index contributed by atoms with van der Waals surface area (Å²) in [4.78, 5) is 8.45. The lowest BCUT2D eigenvalue weighted by Gasteiger charge is -2.25. The highest BCUT2D eigenvalue weighted by Crippen LogP contribution is 2.51. The van der Waals surface area contributed by atoms with Gasteiger partial charge >= 0.3 is 0 Å². The van der Waals surface area contributed by atoms with Crippen molar-refractivity contribution in [3.63, 3.8) is 0 Å². The molecule has 0 amide bonds. The lowest BCUT2D eigenvalue weighted by molar-refractivity contribution is 0.298. The fourth-order valence-corrected chi connectivity index (χ4v) is 4.37. The second-order valence-corrected chi connectivity index (χ2v) is 9.14. The van der Waals surface area contributed by atoms with Gasteiger partial charge in [0.15, 0.2) is 5.96 Å². The van der Waals surface area contributed by atoms with Gasteiger partial charge in [0.1, 0.15) is 0 Å². The van der Waals surface area contributed by atoms with Crippen molar-refractivity contribution in [2.24, 2.45) is 12.0 Å². The minimum Gasteiger partial charge on any atom is -0.357 e. The van der Waals surface area contributed by atoms with E-state index in [0.717, 1.165) is 25.6 Å². The number of guanidine groups is 1. The number of likely N-dealkylation sites (N-methyl/N-ethyl adjacent to an activating group) is 1. The predicted octanol–water partition coefficient (Wildman–Crippen LogP) is 3.52. The summed E-state index contributed by atoms with van der Waals surface area (Å²) in [5.41, 5.74) is 1.20. The van der Waals surface area contributed by atoms with Crippen molar-refractivity contribution in [2.75, 3.05) is 33.7 Å². The molecule has 3 rings (SSSR count). The van der Waals surface area contributed by atoms with E-state index < -0.39 is 0 Å². The zero-order chi connectivity index (χ0) is 20.0. The summed E-state index contributed by atoms with van der Waals surface area (Å²) in [6, 6.07) is 10.9. The molecule has 1 fully saturated rings. The van der Waals surface area contributed by atoms with E-state index in [-0.39, 0.29) is 34.8 Å². The van der Waals surface area contributed by atoms with Gasteiger partial charge in [0.05, 0.1) is 18.8 Å². The molecule has 0 aliphatic heterocycles. The number of nitrogens with zero attached hydrogens (tertiary/aromatic N) is 4. The molecule has 29 heavy (non-hydrogen) atoms. The van der Waals surface area contributed by atoms with E-state index in [1.165, 1.54) is 23.3 Å². The molecule has 1 saturated carbocycles. The van der Waals surface area contributed by atoms with Gasteiger partial charge in [-0.15, -0.1) is 35.7 Å². The van der Waals surface area contributed by atoms with Gasteiger partial charge in [0, 0.05) is 41.5 Å². The Morgan fingerprint density at radius 1 is 1.28 bits per heavy atom. The van der Waals surface area contributed by atoms with Crippen LogP contribution < -0.4 is 10.6 Å². The smallest absolute Gasteiger partial charge is 0.191 e. The van der Waals surface area contributed by atoms with E-state index in [1.807, 2.05) is 29.7 Å². The number of benzene rings is 1. The highest BCUT2D eigenvalue weighted by Gasteiger charge is 2.43. The maximum absolute atomic E-state index is 4.91. The molecule has 0 spiro atoms. The topological polar surface area (TPSA) is 57.5 Å². The molecule has 1 aliphatic carbocycles. The lowest BCUT2D eigenvalue weighted by atomic mass is 10.1. The molecule has 1 aromatic carbocycles. The van der Waals surface area contributed by atoms with Crippen LogP contribution in [0, 0.1) is 0 Å². The molecule has 0 radical (unpaired) electrons. The normalized spacial score (nSPS) is 16.2. The highest BCUT2D eigenvalue weighted by molar-refractivity contribution is 14.0. The highest BCUT2D eigenvalue weighted by atomic mass is 127. The number of thioether (sulfide) groups is 1. The van der Waals surface area contributed by atoms with Crippen LogP contribution in [0.2, 0.25) is 0 Å². The van der Waals surface area contributed by atoms with E-state index >= 15 is 0 Å². The van der Waals surface area contributed by atoms with Crippen LogP contribution in [0.25, 0.3) is 0 Å². The van der Waals surface area contributed by atoms with Crippen LogP contribution >= 0.6 is 35.7 Å². The summed E-state index contributed by atoms with van der Waals surface area (Å²) in [5, 5.41) is 11.2.